The van der Waals surface area contributed by atoms with Gasteiger partial charge < -0.3 is 19.8 Å². The first-order valence-corrected chi connectivity index (χ1v) is 7.46. The van der Waals surface area contributed by atoms with Crippen LogP contribution in [0.1, 0.15) is 12.5 Å². The van der Waals surface area contributed by atoms with E-state index in [0.29, 0.717) is 0 Å². The molecular weight excluding hydrogens is 288 g/mol. The van der Waals surface area contributed by atoms with Gasteiger partial charge in [-0.25, -0.2) is 4.98 Å². The molecule has 0 aliphatic carbocycles. The van der Waals surface area contributed by atoms with E-state index in [4.69, 9.17) is 0 Å². The minimum Gasteiger partial charge on any atom is -0.631 e. The Balaban J connectivity index is 1.92. The van der Waals surface area contributed by atoms with E-state index in [2.05, 4.69) is 28.3 Å². The Morgan fingerprint density at radius 1 is 1.39 bits per heavy atom. The third kappa shape index (κ3) is 3.11. The maximum atomic E-state index is 10.5. The molecule has 0 bridgehead atoms. The highest BCUT2D eigenvalue weighted by molar-refractivity contribution is 5.76. The highest BCUT2D eigenvalue weighted by atomic mass is 16.5. The third-order valence-electron chi connectivity index (χ3n) is 3.94. The number of quaternary nitrogens is 1. The number of allylic oxidation sites excluding steroid dienone is 1. The number of hydroxylamine groups is 1. The van der Waals surface area contributed by atoms with Crippen molar-refractivity contribution in [3.8, 4) is 0 Å². The normalized spacial score (nSPS) is 13.2. The van der Waals surface area contributed by atoms with E-state index in [1.807, 2.05) is 49.3 Å². The minimum absolute atomic E-state index is 0.723. The number of hydrogen-bond acceptors (Lipinski definition) is 2. The van der Waals surface area contributed by atoms with Crippen molar-refractivity contribution in [1.82, 2.24) is 14.1 Å². The summed E-state index contributed by atoms with van der Waals surface area (Å²) in [4.78, 5) is 4.52. The van der Waals surface area contributed by atoms with Crippen LogP contribution in [0.15, 0.2) is 48.6 Å². The van der Waals surface area contributed by atoms with Gasteiger partial charge in [-0.1, -0.05) is 6.58 Å². The standard InChI is InChI=1S/C18H20N4O/c1-13(10-20-23)8-16-5-7-22(14(16)2)12-15-9-17-4-6-21(3)18(17)19-11-15/h4-11H,2,12,20H2,1,3H3. The number of fused-ring (bicyclic) bond motifs is 1. The van der Waals surface area contributed by atoms with Crippen molar-refractivity contribution < 1.29 is 5.48 Å². The van der Waals surface area contributed by atoms with E-state index in [1.165, 1.54) is 0 Å². The lowest BCUT2D eigenvalue weighted by atomic mass is 10.2. The third-order valence-corrected chi connectivity index (χ3v) is 3.94. The molecule has 3 aromatic rings. The van der Waals surface area contributed by atoms with Crippen molar-refractivity contribution in [2.45, 2.75) is 13.5 Å². The fourth-order valence-electron chi connectivity index (χ4n) is 2.69. The van der Waals surface area contributed by atoms with Crippen molar-refractivity contribution in [3.63, 3.8) is 0 Å². The number of aromatic nitrogens is 3. The summed E-state index contributed by atoms with van der Waals surface area (Å²) in [7, 11) is 1.99. The molecule has 0 fully saturated rings. The van der Waals surface area contributed by atoms with Crippen LogP contribution in [0.5, 0.6) is 0 Å². The Morgan fingerprint density at radius 2 is 2.22 bits per heavy atom. The maximum Gasteiger partial charge on any atom is 0.139 e. The number of rotatable bonds is 4. The van der Waals surface area contributed by atoms with Gasteiger partial charge in [0.05, 0.1) is 6.20 Å². The molecular formula is C18H20N4O. The van der Waals surface area contributed by atoms with Gasteiger partial charge in [0.2, 0.25) is 0 Å². The molecule has 0 atom stereocenters. The van der Waals surface area contributed by atoms with E-state index in [9.17, 15) is 5.21 Å². The monoisotopic (exact) mass is 308 g/mol. The van der Waals surface area contributed by atoms with Crippen LogP contribution in [0.25, 0.3) is 23.7 Å². The SMILES string of the molecule is C=c1c(=CC(C)=C[NH2+][O-])ccn1Cc1cnc2c(ccn2C)c1. The second-order valence-corrected chi connectivity index (χ2v) is 5.72. The van der Waals surface area contributed by atoms with Crippen LogP contribution >= 0.6 is 0 Å². The second-order valence-electron chi connectivity index (χ2n) is 5.72. The quantitative estimate of drug-likeness (QED) is 0.717. The minimum atomic E-state index is 0.723. The number of pyridine rings is 1. The molecule has 5 heteroatoms. The zero-order valence-corrected chi connectivity index (χ0v) is 13.4. The molecule has 0 saturated heterocycles. The van der Waals surface area contributed by atoms with Gasteiger partial charge in [-0.3, -0.25) is 0 Å². The molecule has 5 nitrogen and oxygen atoms in total. The van der Waals surface area contributed by atoms with Gasteiger partial charge in [0.25, 0.3) is 0 Å². The highest BCUT2D eigenvalue weighted by Crippen LogP contribution is 2.14. The fourth-order valence-corrected chi connectivity index (χ4v) is 2.69. The molecule has 0 amide bonds. The molecule has 3 heterocycles. The molecule has 0 radical (unpaired) electrons. The summed E-state index contributed by atoms with van der Waals surface area (Å²) in [6.45, 7) is 6.77. The molecule has 2 N–H and O–H groups in total. The average Bonchev–Trinajstić information content (AvgIpc) is 3.05. The van der Waals surface area contributed by atoms with Crippen molar-refractivity contribution in [2.75, 3.05) is 0 Å². The lowest BCUT2D eigenvalue weighted by molar-refractivity contribution is -0.515. The van der Waals surface area contributed by atoms with Crippen molar-refractivity contribution >= 4 is 23.7 Å². The topological polar surface area (TPSA) is 62.4 Å². The summed E-state index contributed by atoms with van der Waals surface area (Å²) >= 11 is 0. The van der Waals surface area contributed by atoms with Gasteiger partial charge >= 0.3 is 0 Å². The Kier molecular flexibility index (Phi) is 4.14. The Labute approximate surface area is 134 Å². The largest absolute Gasteiger partial charge is 0.631 e. The van der Waals surface area contributed by atoms with Crippen LogP contribution in [0.2, 0.25) is 0 Å². The Hall–Kier alpha value is -2.63. The summed E-state index contributed by atoms with van der Waals surface area (Å²) in [6.07, 6.45) is 9.44. The first-order chi connectivity index (χ1) is 11.1. The fraction of sp³-hybridized carbons (Fsp3) is 0.167. The summed E-state index contributed by atoms with van der Waals surface area (Å²) in [5, 5.41) is 13.6. The molecule has 0 saturated carbocycles. The summed E-state index contributed by atoms with van der Waals surface area (Å²) < 4.78 is 4.10. The lowest BCUT2D eigenvalue weighted by Crippen LogP contribution is -2.70. The summed E-state index contributed by atoms with van der Waals surface area (Å²) in [6, 6.07) is 6.24. The first-order valence-electron chi connectivity index (χ1n) is 7.46. The van der Waals surface area contributed by atoms with Gasteiger partial charge in [0, 0.05) is 48.5 Å². The number of aryl methyl sites for hydroxylation is 1. The molecule has 0 aliphatic rings. The van der Waals surface area contributed by atoms with E-state index >= 15 is 0 Å². The van der Waals surface area contributed by atoms with Gasteiger partial charge in [0.1, 0.15) is 5.65 Å². The molecule has 0 aliphatic heterocycles. The molecule has 0 spiro atoms. The lowest BCUT2D eigenvalue weighted by Gasteiger charge is -2.04. The molecule has 0 aromatic carbocycles. The van der Waals surface area contributed by atoms with Crippen molar-refractivity contribution in [2.24, 2.45) is 7.05 Å². The number of nitrogens with two attached hydrogens (primary N) is 1. The van der Waals surface area contributed by atoms with E-state index in [1.54, 1.807) is 6.20 Å². The van der Waals surface area contributed by atoms with Crippen molar-refractivity contribution in [3.05, 3.63) is 69.9 Å². The Morgan fingerprint density at radius 3 is 3.00 bits per heavy atom. The van der Waals surface area contributed by atoms with E-state index in [0.717, 1.165) is 44.8 Å². The van der Waals surface area contributed by atoms with Crippen LogP contribution in [0.3, 0.4) is 0 Å². The number of hydrogen-bond donors (Lipinski definition) is 1. The van der Waals surface area contributed by atoms with E-state index < -0.39 is 0 Å². The van der Waals surface area contributed by atoms with Gasteiger partial charge in [-0.2, -0.15) is 0 Å². The van der Waals surface area contributed by atoms with Crippen LogP contribution in [-0.4, -0.2) is 14.1 Å². The van der Waals surface area contributed by atoms with Crippen molar-refractivity contribution in [1.29, 1.82) is 0 Å². The predicted octanol–water partition coefficient (Wildman–Crippen LogP) is 0.579. The summed E-state index contributed by atoms with van der Waals surface area (Å²) in [5.74, 6) is 0. The molecule has 0 unspecified atom stereocenters. The Bertz CT molecular complexity index is 978. The van der Waals surface area contributed by atoms with Gasteiger partial charge in [-0.15, -0.1) is 0 Å². The van der Waals surface area contributed by atoms with E-state index in [-0.39, 0.29) is 0 Å². The second kappa shape index (κ2) is 6.24. The molecule has 3 rings (SSSR count). The average molecular weight is 308 g/mol. The number of nitrogens with zero attached hydrogens (tertiary/aromatic N) is 3. The van der Waals surface area contributed by atoms with Gasteiger partial charge in [0.15, 0.2) is 0 Å². The van der Waals surface area contributed by atoms with Crippen LogP contribution in [-0.2, 0) is 13.6 Å². The first kappa shape index (κ1) is 15.3. The van der Waals surface area contributed by atoms with Crippen LogP contribution in [0, 0.1) is 5.21 Å². The molecule has 118 valence electrons. The molecule has 3 aromatic heterocycles. The zero-order valence-electron chi connectivity index (χ0n) is 13.4. The highest BCUT2D eigenvalue weighted by Gasteiger charge is 2.03. The van der Waals surface area contributed by atoms with Crippen LogP contribution < -0.4 is 16.0 Å². The molecule has 23 heavy (non-hydrogen) atoms. The van der Waals surface area contributed by atoms with Crippen LogP contribution in [0.4, 0.5) is 0 Å². The predicted molar refractivity (Wildman–Crippen MR) is 92.5 cm³/mol. The summed E-state index contributed by atoms with van der Waals surface area (Å²) in [5.41, 5.74) is 3.83. The smallest absolute Gasteiger partial charge is 0.139 e. The zero-order chi connectivity index (χ0) is 16.4. The van der Waals surface area contributed by atoms with Gasteiger partial charge in [-0.05, 0) is 42.0 Å². The maximum absolute atomic E-state index is 10.5.